The van der Waals surface area contributed by atoms with Crippen molar-refractivity contribution in [2.75, 3.05) is 13.2 Å². The Balaban J connectivity index is 1.96. The Hall–Kier alpha value is -2.08. The van der Waals surface area contributed by atoms with Crippen molar-refractivity contribution in [3.63, 3.8) is 0 Å². The van der Waals surface area contributed by atoms with E-state index < -0.39 is 24.0 Å². The van der Waals surface area contributed by atoms with E-state index in [1.807, 2.05) is 24.3 Å². The van der Waals surface area contributed by atoms with Crippen LogP contribution in [0.2, 0.25) is 0 Å². The summed E-state index contributed by atoms with van der Waals surface area (Å²) in [6.07, 6.45) is 0.735. The summed E-state index contributed by atoms with van der Waals surface area (Å²) in [5.74, 6) is -1.13. The molecule has 6 nitrogen and oxygen atoms in total. The molecule has 26 heavy (non-hydrogen) atoms. The molecule has 0 aromatic heterocycles. The number of ether oxygens (including phenoxy) is 2. The van der Waals surface area contributed by atoms with Crippen molar-refractivity contribution in [2.24, 2.45) is 5.92 Å². The number of rotatable bonds is 6. The zero-order valence-corrected chi connectivity index (χ0v) is 16.0. The maximum absolute atomic E-state index is 12.4. The number of nitrogens with one attached hydrogen (secondary N) is 1. The molecule has 3 unspecified atom stereocenters. The van der Waals surface area contributed by atoms with Crippen molar-refractivity contribution in [3.8, 4) is 5.75 Å². The summed E-state index contributed by atoms with van der Waals surface area (Å²) < 4.78 is 11.0. The lowest BCUT2D eigenvalue weighted by Crippen LogP contribution is -2.51. The molecule has 2 N–H and O–H groups in total. The molecule has 2 rings (SSSR count). The van der Waals surface area contributed by atoms with Crippen LogP contribution in [0.25, 0.3) is 0 Å². The Morgan fingerprint density at radius 2 is 1.92 bits per heavy atom. The molecule has 0 saturated carbocycles. The summed E-state index contributed by atoms with van der Waals surface area (Å²) in [6, 6.07) is 6.64. The summed E-state index contributed by atoms with van der Waals surface area (Å²) in [5, 5.41) is 12.0. The second kappa shape index (κ2) is 8.54. The van der Waals surface area contributed by atoms with Gasteiger partial charge in [0.15, 0.2) is 6.10 Å². The van der Waals surface area contributed by atoms with Gasteiger partial charge in [-0.25, -0.2) is 4.79 Å². The van der Waals surface area contributed by atoms with Crippen LogP contribution in [0.5, 0.6) is 5.75 Å². The van der Waals surface area contributed by atoms with Crippen molar-refractivity contribution in [3.05, 3.63) is 29.8 Å². The Bertz CT molecular complexity index is 614. The van der Waals surface area contributed by atoms with Gasteiger partial charge in [0, 0.05) is 12.5 Å². The Morgan fingerprint density at radius 3 is 2.42 bits per heavy atom. The molecule has 1 fully saturated rings. The number of hydrogen-bond donors (Lipinski definition) is 2. The van der Waals surface area contributed by atoms with Crippen molar-refractivity contribution in [1.29, 1.82) is 0 Å². The van der Waals surface area contributed by atoms with E-state index in [1.54, 1.807) is 6.92 Å². The topological polar surface area (TPSA) is 84.9 Å². The molecular weight excluding hydrogens is 334 g/mol. The minimum absolute atomic E-state index is 0.0400. The van der Waals surface area contributed by atoms with E-state index in [9.17, 15) is 14.7 Å². The average Bonchev–Trinajstić information content (AvgIpc) is 2.59. The van der Waals surface area contributed by atoms with Crippen LogP contribution in [0.15, 0.2) is 24.3 Å². The molecule has 1 aliphatic rings. The smallest absolute Gasteiger partial charge is 0.326 e. The normalized spacial score (nSPS) is 20.1. The second-order valence-corrected chi connectivity index (χ2v) is 7.84. The monoisotopic (exact) mass is 363 g/mol. The molecular formula is C20H29NO5. The van der Waals surface area contributed by atoms with Crippen LogP contribution < -0.4 is 10.1 Å². The molecule has 1 saturated heterocycles. The number of amides is 1. The van der Waals surface area contributed by atoms with E-state index in [4.69, 9.17) is 9.47 Å². The van der Waals surface area contributed by atoms with Gasteiger partial charge in [-0.15, -0.1) is 0 Å². The summed E-state index contributed by atoms with van der Waals surface area (Å²) in [6.45, 7) is 8.98. The van der Waals surface area contributed by atoms with Crippen LogP contribution in [0.3, 0.4) is 0 Å². The average molecular weight is 363 g/mol. The van der Waals surface area contributed by atoms with Crippen LogP contribution in [0.1, 0.15) is 46.1 Å². The molecule has 0 bridgehead atoms. The molecule has 1 amide bonds. The molecule has 0 radical (unpaired) electrons. The number of aliphatic carboxylic acids is 1. The van der Waals surface area contributed by atoms with E-state index in [0.717, 1.165) is 12.8 Å². The van der Waals surface area contributed by atoms with Gasteiger partial charge in [0.1, 0.15) is 11.8 Å². The third kappa shape index (κ3) is 5.46. The first-order valence-electron chi connectivity index (χ1n) is 9.06. The summed E-state index contributed by atoms with van der Waals surface area (Å²) in [5.41, 5.74) is 1.21. The maximum Gasteiger partial charge on any atom is 0.326 e. The van der Waals surface area contributed by atoms with Gasteiger partial charge >= 0.3 is 5.97 Å². The van der Waals surface area contributed by atoms with Gasteiger partial charge in [-0.3, -0.25) is 4.79 Å². The van der Waals surface area contributed by atoms with E-state index in [2.05, 4.69) is 26.1 Å². The highest BCUT2D eigenvalue weighted by Gasteiger charge is 2.32. The molecule has 6 heteroatoms. The highest BCUT2D eigenvalue weighted by molar-refractivity contribution is 5.86. The van der Waals surface area contributed by atoms with Crippen LogP contribution in [0.4, 0.5) is 0 Å². The van der Waals surface area contributed by atoms with Crippen LogP contribution >= 0.6 is 0 Å². The Morgan fingerprint density at radius 1 is 1.27 bits per heavy atom. The summed E-state index contributed by atoms with van der Waals surface area (Å²) in [7, 11) is 0. The fourth-order valence-corrected chi connectivity index (χ4v) is 2.97. The van der Waals surface area contributed by atoms with Gasteiger partial charge in [-0.1, -0.05) is 32.9 Å². The number of carboxylic acids is 1. The molecule has 144 valence electrons. The summed E-state index contributed by atoms with van der Waals surface area (Å²) in [4.78, 5) is 23.9. The quantitative estimate of drug-likeness (QED) is 0.812. The van der Waals surface area contributed by atoms with Crippen molar-refractivity contribution >= 4 is 11.9 Å². The van der Waals surface area contributed by atoms with Gasteiger partial charge in [-0.2, -0.15) is 0 Å². The third-order valence-electron chi connectivity index (χ3n) is 4.63. The predicted molar refractivity (Wildman–Crippen MR) is 98.3 cm³/mol. The molecule has 1 aliphatic heterocycles. The van der Waals surface area contributed by atoms with E-state index in [-0.39, 0.29) is 11.3 Å². The molecule has 1 heterocycles. The highest BCUT2D eigenvalue weighted by Crippen LogP contribution is 2.25. The second-order valence-electron chi connectivity index (χ2n) is 7.84. The molecule has 1 aromatic rings. The minimum Gasteiger partial charge on any atom is -0.481 e. The van der Waals surface area contributed by atoms with Crippen molar-refractivity contribution < 1.29 is 24.2 Å². The highest BCUT2D eigenvalue weighted by atomic mass is 16.5. The van der Waals surface area contributed by atoms with E-state index >= 15 is 0 Å². The first-order valence-corrected chi connectivity index (χ1v) is 9.06. The van der Waals surface area contributed by atoms with E-state index in [0.29, 0.717) is 19.0 Å². The Kier molecular flexibility index (Phi) is 6.64. The predicted octanol–water partition coefficient (Wildman–Crippen LogP) is 2.75. The van der Waals surface area contributed by atoms with Gasteiger partial charge in [0.25, 0.3) is 5.91 Å². The number of benzene rings is 1. The van der Waals surface area contributed by atoms with E-state index in [1.165, 1.54) is 5.56 Å². The molecule has 3 atom stereocenters. The summed E-state index contributed by atoms with van der Waals surface area (Å²) >= 11 is 0. The van der Waals surface area contributed by atoms with Crippen LogP contribution in [-0.4, -0.2) is 42.3 Å². The largest absolute Gasteiger partial charge is 0.481 e. The fourth-order valence-electron chi connectivity index (χ4n) is 2.97. The third-order valence-corrected chi connectivity index (χ3v) is 4.63. The number of carbonyl (C=O) groups excluding carboxylic acids is 1. The maximum atomic E-state index is 12.4. The van der Waals surface area contributed by atoms with Crippen molar-refractivity contribution in [2.45, 2.75) is 58.1 Å². The lowest BCUT2D eigenvalue weighted by atomic mass is 9.87. The zero-order chi connectivity index (χ0) is 19.3. The first kappa shape index (κ1) is 20.2. The number of hydrogen-bond acceptors (Lipinski definition) is 4. The van der Waals surface area contributed by atoms with Gasteiger partial charge in [0.2, 0.25) is 0 Å². The lowest BCUT2D eigenvalue weighted by molar-refractivity contribution is -0.146. The Labute approximate surface area is 154 Å². The van der Waals surface area contributed by atoms with Gasteiger partial charge in [-0.05, 0) is 42.9 Å². The molecule has 0 aliphatic carbocycles. The van der Waals surface area contributed by atoms with Crippen LogP contribution in [0, 0.1) is 5.92 Å². The van der Waals surface area contributed by atoms with Gasteiger partial charge < -0.3 is 19.9 Å². The van der Waals surface area contributed by atoms with Crippen molar-refractivity contribution in [1.82, 2.24) is 5.32 Å². The zero-order valence-electron chi connectivity index (χ0n) is 16.0. The molecule has 0 spiro atoms. The fraction of sp³-hybridized carbons (Fsp3) is 0.600. The van der Waals surface area contributed by atoms with Crippen LogP contribution in [-0.2, 0) is 19.7 Å². The molecule has 1 aromatic carbocycles. The standard InChI is InChI=1S/C20H29NO5/c1-13(26-16-9-7-15(8-10-16)20(2,3)4)18(22)21-17(19(23)24)14-6-5-11-25-12-14/h7-10,13-14,17H,5-6,11-12H2,1-4H3,(H,21,22)(H,23,24). The first-order chi connectivity index (χ1) is 12.2. The van der Waals surface area contributed by atoms with Gasteiger partial charge in [0.05, 0.1) is 6.61 Å². The number of carboxylic acid groups (broad SMARTS) is 1. The minimum atomic E-state index is -1.05. The lowest BCUT2D eigenvalue weighted by Gasteiger charge is -2.29. The number of carbonyl (C=O) groups is 2. The SMILES string of the molecule is CC(Oc1ccc(C(C)(C)C)cc1)C(=O)NC(C(=O)O)C1CCCOC1.